The summed E-state index contributed by atoms with van der Waals surface area (Å²) in [5.41, 5.74) is 1.26. The molecule has 1 aromatic heterocycles. The fourth-order valence-electron chi connectivity index (χ4n) is 3.69. The van der Waals surface area contributed by atoms with Crippen LogP contribution in [0.5, 0.6) is 5.75 Å². The Morgan fingerprint density at radius 1 is 1.23 bits per heavy atom. The minimum absolute atomic E-state index is 0.0772. The Bertz CT molecular complexity index is 1190. The number of methoxy groups -OCH3 is 1. The molecule has 154 valence electrons. The van der Waals surface area contributed by atoms with Crippen molar-refractivity contribution in [3.8, 4) is 5.75 Å². The van der Waals surface area contributed by atoms with E-state index in [1.165, 1.54) is 0 Å². The van der Waals surface area contributed by atoms with Crippen molar-refractivity contribution in [3.05, 3.63) is 86.7 Å². The number of rotatable bonds is 7. The first-order valence-corrected chi connectivity index (χ1v) is 10.2. The van der Waals surface area contributed by atoms with Gasteiger partial charge in [-0.05, 0) is 35.9 Å². The van der Waals surface area contributed by atoms with E-state index in [0.717, 1.165) is 10.0 Å². The Balaban J connectivity index is 1.91. The summed E-state index contributed by atoms with van der Waals surface area (Å²) in [5, 5.41) is 0.425. The molecule has 1 aliphatic rings. The van der Waals surface area contributed by atoms with E-state index < -0.39 is 6.04 Å². The van der Waals surface area contributed by atoms with Gasteiger partial charge in [-0.1, -0.05) is 40.7 Å². The van der Waals surface area contributed by atoms with E-state index in [-0.39, 0.29) is 17.1 Å². The van der Waals surface area contributed by atoms with Crippen LogP contribution in [0.25, 0.3) is 11.0 Å². The maximum atomic E-state index is 13.4. The standard InChI is InChI=1S/C23H20BrNO5/c1-3-10-29-16-6-4-5-14(12-16)20-19-21(26)17-13-15(24)7-8-18(17)30-22(19)23(27)25(20)9-11-28-2/h3-8,12-13,20H,1,9-11H2,2H3. The fourth-order valence-corrected chi connectivity index (χ4v) is 4.05. The summed E-state index contributed by atoms with van der Waals surface area (Å²) < 4.78 is 17.5. The number of benzene rings is 2. The maximum Gasteiger partial charge on any atom is 0.290 e. The molecule has 4 rings (SSSR count). The molecule has 2 aromatic carbocycles. The summed E-state index contributed by atoms with van der Waals surface area (Å²) in [6, 6.07) is 12.0. The number of hydrogen-bond acceptors (Lipinski definition) is 5. The fraction of sp³-hybridized carbons (Fsp3) is 0.217. The molecule has 1 unspecified atom stereocenters. The largest absolute Gasteiger partial charge is 0.490 e. The molecule has 2 heterocycles. The summed E-state index contributed by atoms with van der Waals surface area (Å²) in [6.45, 7) is 4.67. The molecule has 7 heteroatoms. The number of amides is 1. The van der Waals surface area contributed by atoms with Gasteiger partial charge in [0.1, 0.15) is 17.9 Å². The van der Waals surface area contributed by atoms with E-state index in [9.17, 15) is 9.59 Å². The number of halogens is 1. The van der Waals surface area contributed by atoms with Crippen LogP contribution in [0.15, 0.2) is 68.8 Å². The molecular weight excluding hydrogens is 450 g/mol. The molecule has 1 amide bonds. The highest BCUT2D eigenvalue weighted by molar-refractivity contribution is 9.10. The molecule has 0 N–H and O–H groups in total. The van der Waals surface area contributed by atoms with E-state index >= 15 is 0 Å². The molecule has 0 saturated heterocycles. The van der Waals surface area contributed by atoms with Crippen molar-refractivity contribution in [1.82, 2.24) is 4.90 Å². The Morgan fingerprint density at radius 3 is 2.83 bits per heavy atom. The first-order chi connectivity index (χ1) is 14.5. The van der Waals surface area contributed by atoms with Gasteiger partial charge in [0.15, 0.2) is 5.43 Å². The van der Waals surface area contributed by atoms with Gasteiger partial charge in [0.25, 0.3) is 5.91 Å². The summed E-state index contributed by atoms with van der Waals surface area (Å²) in [4.78, 5) is 28.2. The minimum atomic E-state index is -0.588. The van der Waals surface area contributed by atoms with E-state index in [2.05, 4.69) is 22.5 Å². The molecule has 0 fully saturated rings. The predicted octanol–water partition coefficient (Wildman–Crippen LogP) is 4.31. The molecule has 30 heavy (non-hydrogen) atoms. The van der Waals surface area contributed by atoms with Crippen molar-refractivity contribution in [1.29, 1.82) is 0 Å². The van der Waals surface area contributed by atoms with Crippen LogP contribution in [-0.2, 0) is 4.74 Å². The second kappa shape index (κ2) is 8.45. The number of fused-ring (bicyclic) bond motifs is 2. The lowest BCUT2D eigenvalue weighted by Crippen LogP contribution is -2.32. The smallest absolute Gasteiger partial charge is 0.290 e. The molecule has 0 aliphatic carbocycles. The number of carbonyl (C=O) groups is 1. The molecule has 0 spiro atoms. The van der Waals surface area contributed by atoms with E-state index in [1.54, 1.807) is 36.3 Å². The highest BCUT2D eigenvalue weighted by Crippen LogP contribution is 2.39. The molecule has 1 aliphatic heterocycles. The molecule has 0 bridgehead atoms. The molecule has 3 aromatic rings. The normalized spacial score (nSPS) is 15.5. The number of ether oxygens (including phenoxy) is 2. The predicted molar refractivity (Wildman–Crippen MR) is 117 cm³/mol. The molecular formula is C23H20BrNO5. The number of nitrogens with zero attached hydrogens (tertiary/aromatic N) is 1. The average Bonchev–Trinajstić information content (AvgIpc) is 3.03. The zero-order valence-electron chi connectivity index (χ0n) is 16.4. The van der Waals surface area contributed by atoms with Gasteiger partial charge in [0.05, 0.1) is 23.6 Å². The quantitative estimate of drug-likeness (QED) is 0.482. The third kappa shape index (κ3) is 3.55. The topological polar surface area (TPSA) is 69.0 Å². The molecule has 1 atom stereocenters. The van der Waals surface area contributed by atoms with Crippen LogP contribution in [-0.4, -0.2) is 37.7 Å². The van der Waals surface area contributed by atoms with Crippen molar-refractivity contribution >= 4 is 32.8 Å². The van der Waals surface area contributed by atoms with Crippen molar-refractivity contribution in [2.45, 2.75) is 6.04 Å². The molecule has 6 nitrogen and oxygen atoms in total. The van der Waals surface area contributed by atoms with E-state index in [0.29, 0.717) is 42.0 Å². The first kappa shape index (κ1) is 20.4. The lowest BCUT2D eigenvalue weighted by molar-refractivity contribution is 0.0663. The zero-order valence-corrected chi connectivity index (χ0v) is 18.0. The number of hydrogen-bond donors (Lipinski definition) is 0. The molecule has 0 radical (unpaired) electrons. The maximum absolute atomic E-state index is 13.4. The Labute approximate surface area is 181 Å². The van der Waals surface area contributed by atoms with Crippen LogP contribution >= 0.6 is 15.9 Å². The minimum Gasteiger partial charge on any atom is -0.490 e. The zero-order chi connectivity index (χ0) is 21.3. The third-order valence-corrected chi connectivity index (χ3v) is 5.50. The SMILES string of the molecule is C=CCOc1cccc(C2c3c(oc4ccc(Br)cc4c3=O)C(=O)N2CCOC)c1. The van der Waals surface area contributed by atoms with Gasteiger partial charge < -0.3 is 18.8 Å². The van der Waals surface area contributed by atoms with Crippen LogP contribution in [0, 0.1) is 0 Å². The first-order valence-electron chi connectivity index (χ1n) is 9.45. The van der Waals surface area contributed by atoms with Crippen molar-refractivity contribution < 1.29 is 18.7 Å². The van der Waals surface area contributed by atoms with Crippen molar-refractivity contribution in [2.24, 2.45) is 0 Å². The summed E-state index contributed by atoms with van der Waals surface area (Å²) in [5.74, 6) is 0.382. The average molecular weight is 470 g/mol. The third-order valence-electron chi connectivity index (χ3n) is 5.01. The van der Waals surface area contributed by atoms with Gasteiger partial charge in [0.2, 0.25) is 5.76 Å². The van der Waals surface area contributed by atoms with E-state index in [1.807, 2.05) is 24.3 Å². The lowest BCUT2D eigenvalue weighted by Gasteiger charge is -2.25. The number of carbonyl (C=O) groups excluding carboxylic acids is 1. The highest BCUT2D eigenvalue weighted by Gasteiger charge is 2.42. The second-order valence-electron chi connectivity index (χ2n) is 6.88. The van der Waals surface area contributed by atoms with Crippen molar-refractivity contribution in [3.63, 3.8) is 0 Å². The Morgan fingerprint density at radius 2 is 2.07 bits per heavy atom. The van der Waals surface area contributed by atoms with Gasteiger partial charge in [0, 0.05) is 18.1 Å². The van der Waals surface area contributed by atoms with Gasteiger partial charge in [-0.25, -0.2) is 0 Å². The van der Waals surface area contributed by atoms with Crippen LogP contribution in [0.3, 0.4) is 0 Å². The Kier molecular flexibility index (Phi) is 5.74. The highest BCUT2D eigenvalue weighted by atomic mass is 79.9. The summed E-state index contributed by atoms with van der Waals surface area (Å²) >= 11 is 3.40. The van der Waals surface area contributed by atoms with Gasteiger partial charge in [-0.15, -0.1) is 0 Å². The monoisotopic (exact) mass is 469 g/mol. The van der Waals surface area contributed by atoms with Gasteiger partial charge in [-0.3, -0.25) is 9.59 Å². The second-order valence-corrected chi connectivity index (χ2v) is 7.80. The van der Waals surface area contributed by atoms with Crippen LogP contribution in [0.4, 0.5) is 0 Å². The Hall–Kier alpha value is -2.90. The molecule has 0 saturated carbocycles. The van der Waals surface area contributed by atoms with Crippen molar-refractivity contribution in [2.75, 3.05) is 26.9 Å². The van der Waals surface area contributed by atoms with E-state index in [4.69, 9.17) is 13.9 Å². The van der Waals surface area contributed by atoms with Crippen LogP contribution < -0.4 is 10.2 Å². The van der Waals surface area contributed by atoms with Gasteiger partial charge >= 0.3 is 0 Å². The lowest BCUT2D eigenvalue weighted by atomic mass is 9.98. The van der Waals surface area contributed by atoms with Gasteiger partial charge in [-0.2, -0.15) is 0 Å². The van der Waals surface area contributed by atoms with Crippen LogP contribution in [0.1, 0.15) is 27.7 Å². The summed E-state index contributed by atoms with van der Waals surface area (Å²) in [6.07, 6.45) is 1.66. The summed E-state index contributed by atoms with van der Waals surface area (Å²) in [7, 11) is 1.57. The van der Waals surface area contributed by atoms with Crippen LogP contribution in [0.2, 0.25) is 0 Å².